The van der Waals surface area contributed by atoms with Crippen LogP contribution in [0.25, 0.3) is 11.4 Å². The van der Waals surface area contributed by atoms with Gasteiger partial charge in [0.05, 0.1) is 0 Å². The molecule has 0 aliphatic carbocycles. The summed E-state index contributed by atoms with van der Waals surface area (Å²) in [5, 5.41) is 11.9. The molecule has 0 saturated carbocycles. The van der Waals surface area contributed by atoms with Crippen molar-refractivity contribution in [2.75, 3.05) is 10.6 Å². The van der Waals surface area contributed by atoms with Gasteiger partial charge in [0, 0.05) is 23.2 Å². The first-order valence-electron chi connectivity index (χ1n) is 7.14. The summed E-state index contributed by atoms with van der Waals surface area (Å²) in [6.45, 7) is 0. The molecule has 0 atom stereocenters. The summed E-state index contributed by atoms with van der Waals surface area (Å²) >= 11 is 3.04. The first-order chi connectivity index (χ1) is 11.9. The number of thiazole rings is 2. The molecule has 0 aliphatic rings. The summed E-state index contributed by atoms with van der Waals surface area (Å²) in [5.41, 5.74) is 1.67. The summed E-state index contributed by atoms with van der Waals surface area (Å²) in [4.78, 5) is 17.6. The fourth-order valence-electron chi connectivity index (χ4n) is 1.99. The maximum atomic E-state index is 4.56. The minimum absolute atomic E-state index is 0. The predicted octanol–water partition coefficient (Wildman–Crippen LogP) is 5.12. The van der Waals surface area contributed by atoms with Crippen LogP contribution in [0.2, 0.25) is 0 Å². The largest absolute Gasteiger partial charge is 0.316 e. The van der Waals surface area contributed by atoms with Crippen LogP contribution in [-0.4, -0.2) is 19.9 Å². The molecule has 0 radical (unpaired) electrons. The molecule has 0 saturated heterocycles. The van der Waals surface area contributed by atoms with Crippen LogP contribution in [0.1, 0.15) is 0 Å². The number of pyridine rings is 2. The highest BCUT2D eigenvalue weighted by Crippen LogP contribution is 2.29. The van der Waals surface area contributed by atoms with E-state index in [1.807, 2.05) is 47.2 Å². The third-order valence-electron chi connectivity index (χ3n) is 3.07. The van der Waals surface area contributed by atoms with E-state index in [9.17, 15) is 0 Å². The van der Waals surface area contributed by atoms with E-state index in [0.717, 1.165) is 33.3 Å². The molecular weight excluding hydrogens is 420 g/mol. The zero-order chi connectivity index (χ0) is 16.2. The summed E-state index contributed by atoms with van der Waals surface area (Å²) in [6.07, 6.45) is 3.49. The predicted molar refractivity (Wildman–Crippen MR) is 109 cm³/mol. The van der Waals surface area contributed by atoms with Gasteiger partial charge in [-0.3, -0.25) is 0 Å². The monoisotopic (exact) mass is 432 g/mol. The Hall–Kier alpha value is -2.36. The Balaban J connectivity index is 0.00000182. The average Bonchev–Trinajstić information content (AvgIpc) is 3.26. The molecule has 0 unspecified atom stereocenters. The minimum atomic E-state index is 0. The lowest BCUT2D eigenvalue weighted by Crippen LogP contribution is -1.92. The van der Waals surface area contributed by atoms with E-state index in [1.54, 1.807) is 12.4 Å². The number of rotatable bonds is 5. The van der Waals surface area contributed by atoms with Crippen molar-refractivity contribution < 1.29 is 0 Å². The molecular formula is C16H13BrN6S2. The molecule has 4 aromatic rings. The van der Waals surface area contributed by atoms with Gasteiger partial charge in [0.15, 0.2) is 10.3 Å². The lowest BCUT2D eigenvalue weighted by molar-refractivity contribution is 1.26. The van der Waals surface area contributed by atoms with Gasteiger partial charge in [0.1, 0.15) is 23.0 Å². The topological polar surface area (TPSA) is 75.6 Å². The Morgan fingerprint density at radius 1 is 0.680 bits per heavy atom. The normalized spacial score (nSPS) is 10.1. The molecule has 0 amide bonds. The van der Waals surface area contributed by atoms with E-state index in [1.165, 1.54) is 22.7 Å². The molecule has 4 heterocycles. The van der Waals surface area contributed by atoms with Crippen LogP contribution >= 0.6 is 39.7 Å². The molecule has 9 heteroatoms. The van der Waals surface area contributed by atoms with Gasteiger partial charge < -0.3 is 10.6 Å². The van der Waals surface area contributed by atoms with Crippen LogP contribution in [0.3, 0.4) is 0 Å². The van der Waals surface area contributed by atoms with Crippen LogP contribution in [0.15, 0.2) is 59.6 Å². The van der Waals surface area contributed by atoms with E-state index in [0.29, 0.717) is 0 Å². The van der Waals surface area contributed by atoms with Crippen molar-refractivity contribution in [3.05, 3.63) is 59.6 Å². The maximum Gasteiger partial charge on any atom is 0.188 e. The Morgan fingerprint density at radius 3 is 1.56 bits per heavy atom. The molecule has 0 bridgehead atoms. The fourth-order valence-corrected chi connectivity index (χ4v) is 3.41. The third-order valence-corrected chi connectivity index (χ3v) is 4.59. The van der Waals surface area contributed by atoms with E-state index >= 15 is 0 Å². The second-order valence-corrected chi connectivity index (χ2v) is 6.47. The van der Waals surface area contributed by atoms with Crippen LogP contribution in [0, 0.1) is 0 Å². The molecule has 0 spiro atoms. The lowest BCUT2D eigenvalue weighted by atomic mass is 10.4. The van der Waals surface area contributed by atoms with E-state index in [4.69, 9.17) is 0 Å². The molecule has 2 N–H and O–H groups in total. The number of hydrogen-bond donors (Lipinski definition) is 2. The van der Waals surface area contributed by atoms with Crippen molar-refractivity contribution in [1.29, 1.82) is 0 Å². The number of aromatic nitrogens is 4. The zero-order valence-electron chi connectivity index (χ0n) is 12.8. The van der Waals surface area contributed by atoms with E-state index in [2.05, 4.69) is 30.6 Å². The molecule has 4 rings (SSSR count). The summed E-state index contributed by atoms with van der Waals surface area (Å²) in [6, 6.07) is 11.4. The van der Waals surface area contributed by atoms with Gasteiger partial charge in [-0.25, -0.2) is 19.9 Å². The third kappa shape index (κ3) is 4.38. The minimum Gasteiger partial charge on any atom is -0.316 e. The van der Waals surface area contributed by atoms with Crippen molar-refractivity contribution in [3.63, 3.8) is 0 Å². The molecule has 0 aromatic carbocycles. The maximum absolute atomic E-state index is 4.56. The highest BCUT2D eigenvalue weighted by molar-refractivity contribution is 8.93. The van der Waals surface area contributed by atoms with Gasteiger partial charge in [-0.15, -0.1) is 39.7 Å². The standard InChI is InChI=1S/C16H12N6S2.BrH/c1-3-7-17-13(5-1)21-15-19-11(9-23-15)12-10-24-16(20-12)22-14-6-2-4-8-18-14;/h1-10H,(H,17,19,21)(H,18,20,22);1H. The second kappa shape index (κ2) is 8.15. The number of halogens is 1. The Bertz CT molecular complexity index is 848. The lowest BCUT2D eigenvalue weighted by Gasteiger charge is -1.99. The molecule has 6 nitrogen and oxygen atoms in total. The van der Waals surface area contributed by atoms with Gasteiger partial charge >= 0.3 is 0 Å². The molecule has 0 fully saturated rings. The summed E-state index contributed by atoms with van der Waals surface area (Å²) < 4.78 is 0. The van der Waals surface area contributed by atoms with Gasteiger partial charge in [-0.2, -0.15) is 0 Å². The van der Waals surface area contributed by atoms with E-state index in [-0.39, 0.29) is 17.0 Å². The van der Waals surface area contributed by atoms with Crippen molar-refractivity contribution in [3.8, 4) is 11.4 Å². The summed E-state index contributed by atoms with van der Waals surface area (Å²) in [7, 11) is 0. The number of nitrogens with one attached hydrogen (secondary N) is 2. The zero-order valence-corrected chi connectivity index (χ0v) is 16.1. The second-order valence-electron chi connectivity index (χ2n) is 4.76. The smallest absolute Gasteiger partial charge is 0.188 e. The van der Waals surface area contributed by atoms with Gasteiger partial charge in [0.25, 0.3) is 0 Å². The Kier molecular flexibility index (Phi) is 5.69. The average molecular weight is 433 g/mol. The molecule has 25 heavy (non-hydrogen) atoms. The van der Waals surface area contributed by atoms with Gasteiger partial charge in [-0.1, -0.05) is 12.1 Å². The first kappa shape index (κ1) is 17.5. The number of nitrogens with zero attached hydrogens (tertiary/aromatic N) is 4. The van der Waals surface area contributed by atoms with Crippen molar-refractivity contribution >= 4 is 61.6 Å². The molecule has 126 valence electrons. The van der Waals surface area contributed by atoms with Gasteiger partial charge in [-0.05, 0) is 24.3 Å². The van der Waals surface area contributed by atoms with Gasteiger partial charge in [0.2, 0.25) is 0 Å². The Labute approximate surface area is 162 Å². The molecule has 4 aromatic heterocycles. The van der Waals surface area contributed by atoms with Crippen molar-refractivity contribution in [2.24, 2.45) is 0 Å². The Morgan fingerprint density at radius 2 is 1.16 bits per heavy atom. The quantitative estimate of drug-likeness (QED) is 0.455. The van der Waals surface area contributed by atoms with Crippen LogP contribution in [0.4, 0.5) is 21.9 Å². The SMILES string of the molecule is Br.c1ccc(Nc2nc(-c3csc(Nc4ccccn4)n3)cs2)nc1. The molecule has 0 aliphatic heterocycles. The first-order valence-corrected chi connectivity index (χ1v) is 8.90. The number of hydrogen-bond acceptors (Lipinski definition) is 8. The van der Waals surface area contributed by atoms with Crippen LogP contribution in [-0.2, 0) is 0 Å². The van der Waals surface area contributed by atoms with E-state index < -0.39 is 0 Å². The highest BCUT2D eigenvalue weighted by atomic mass is 79.9. The number of anilines is 4. The van der Waals surface area contributed by atoms with Crippen LogP contribution in [0.5, 0.6) is 0 Å². The fraction of sp³-hybridized carbons (Fsp3) is 0. The van der Waals surface area contributed by atoms with Crippen molar-refractivity contribution in [2.45, 2.75) is 0 Å². The van der Waals surface area contributed by atoms with Crippen LogP contribution < -0.4 is 10.6 Å². The summed E-state index contributed by atoms with van der Waals surface area (Å²) in [5.74, 6) is 1.54. The van der Waals surface area contributed by atoms with Crippen molar-refractivity contribution in [1.82, 2.24) is 19.9 Å². The highest BCUT2D eigenvalue weighted by Gasteiger charge is 2.10.